The largest absolute Gasteiger partial charge is 0.499 e. The van der Waals surface area contributed by atoms with Crippen molar-refractivity contribution in [3.63, 3.8) is 0 Å². The van der Waals surface area contributed by atoms with Crippen LogP contribution in [0.4, 0.5) is 4.79 Å². The zero-order valence-electron chi connectivity index (χ0n) is 41.5. The highest BCUT2D eigenvalue weighted by Crippen LogP contribution is 2.33. The molecule has 4 heterocycles. The molecule has 0 radical (unpaired) electrons. The lowest BCUT2D eigenvalue weighted by molar-refractivity contribution is -0.133. The highest BCUT2D eigenvalue weighted by Gasteiger charge is 2.42. The summed E-state index contributed by atoms with van der Waals surface area (Å²) in [5, 5.41) is 21.0. The van der Waals surface area contributed by atoms with E-state index in [1.807, 2.05) is 22.5 Å². The van der Waals surface area contributed by atoms with Gasteiger partial charge in [-0.2, -0.15) is 11.8 Å². The van der Waals surface area contributed by atoms with E-state index in [2.05, 4.69) is 31.6 Å². The van der Waals surface area contributed by atoms with Crippen molar-refractivity contribution in [1.29, 1.82) is 0 Å². The molecule has 2 aromatic rings. The van der Waals surface area contributed by atoms with Crippen LogP contribution in [0.5, 0.6) is 0 Å². The molecule has 4 unspecified atom stereocenters. The minimum Gasteiger partial charge on any atom is -0.499 e. The number of urea groups is 1. The van der Waals surface area contributed by atoms with Crippen LogP contribution in [-0.2, 0) is 67.0 Å². The number of hydrogen-bond donors (Lipinski definition) is 4. The van der Waals surface area contributed by atoms with Gasteiger partial charge in [-0.05, 0) is 38.2 Å². The molecule has 0 spiro atoms. The molecule has 0 saturated carbocycles. The normalized spacial score (nSPS) is 18.5. The molecule has 2 saturated heterocycles. The van der Waals surface area contributed by atoms with E-state index in [0.717, 1.165) is 42.8 Å². The number of amides is 5. The second-order valence-corrected chi connectivity index (χ2v) is 19.0. The number of benzene rings is 1. The Hall–Kier alpha value is -4.93. The Labute approximate surface area is 422 Å². The van der Waals surface area contributed by atoms with Crippen molar-refractivity contribution in [2.24, 2.45) is 0 Å². The molecule has 1 aromatic heterocycles. The van der Waals surface area contributed by atoms with Crippen LogP contribution >= 0.6 is 11.8 Å². The van der Waals surface area contributed by atoms with Gasteiger partial charge < -0.3 is 54.6 Å². The Balaban J connectivity index is 0.794. The van der Waals surface area contributed by atoms with E-state index in [-0.39, 0.29) is 85.6 Å². The first-order valence-corrected chi connectivity index (χ1v) is 26.4. The lowest BCUT2D eigenvalue weighted by Crippen LogP contribution is -2.42. The third kappa shape index (κ3) is 22.2. The molecule has 4 N–H and O–H groups in total. The average Bonchev–Trinajstić information content (AvgIpc) is 4.05. The molecule has 20 nitrogen and oxygen atoms in total. The van der Waals surface area contributed by atoms with E-state index < -0.39 is 0 Å². The first-order chi connectivity index (χ1) is 34.7. The van der Waals surface area contributed by atoms with E-state index >= 15 is 0 Å². The van der Waals surface area contributed by atoms with Crippen molar-refractivity contribution in [3.8, 4) is 0 Å². The molecular weight excluding hydrogens is 937 g/mol. The summed E-state index contributed by atoms with van der Waals surface area (Å²) < 4.78 is 35.5. The number of rotatable bonds is 37. The van der Waals surface area contributed by atoms with Gasteiger partial charge in [-0.15, -0.1) is 5.10 Å². The number of ketones is 2. The zero-order valence-corrected chi connectivity index (χ0v) is 42.3. The van der Waals surface area contributed by atoms with Gasteiger partial charge in [-0.25, -0.2) is 9.48 Å². The van der Waals surface area contributed by atoms with Gasteiger partial charge in [0.2, 0.25) is 17.7 Å². The number of nitrogens with one attached hydrogen (secondary N) is 4. The summed E-state index contributed by atoms with van der Waals surface area (Å²) in [4.78, 5) is 75.6. The van der Waals surface area contributed by atoms with E-state index in [9.17, 15) is 28.8 Å². The third-order valence-electron chi connectivity index (χ3n) is 12.3. The molecule has 0 bridgehead atoms. The minimum atomic E-state index is -0.244. The lowest BCUT2D eigenvalue weighted by atomic mass is 10.0. The molecule has 71 heavy (non-hydrogen) atoms. The van der Waals surface area contributed by atoms with Crippen molar-refractivity contribution in [2.75, 3.05) is 98.5 Å². The number of unbranched alkanes of at least 4 members (excludes halogenated alkanes) is 1. The maximum atomic E-state index is 13.3. The van der Waals surface area contributed by atoms with E-state index in [4.69, 9.17) is 28.4 Å². The smallest absolute Gasteiger partial charge is 0.315 e. The number of fused-ring (bicyclic) bond motifs is 2. The molecule has 4 atom stereocenters. The Bertz CT molecular complexity index is 1960. The summed E-state index contributed by atoms with van der Waals surface area (Å²) in [6.45, 7) is 6.31. The van der Waals surface area contributed by atoms with Crippen LogP contribution in [0.2, 0.25) is 0 Å². The van der Waals surface area contributed by atoms with Crippen LogP contribution in [0.25, 0.3) is 0 Å². The Morgan fingerprint density at radius 1 is 0.789 bits per heavy atom. The van der Waals surface area contributed by atoms with Crippen LogP contribution in [0.3, 0.4) is 0 Å². The van der Waals surface area contributed by atoms with Crippen LogP contribution < -0.4 is 21.3 Å². The molecule has 1 aromatic carbocycles. The number of carbonyl (C=O) groups is 6. The summed E-state index contributed by atoms with van der Waals surface area (Å²) in [6, 6.07) is 9.32. The Morgan fingerprint density at radius 2 is 1.48 bits per heavy atom. The van der Waals surface area contributed by atoms with Crippen molar-refractivity contribution >= 4 is 47.1 Å². The van der Waals surface area contributed by atoms with E-state index in [1.165, 1.54) is 6.26 Å². The SMILES string of the molecule is COC1Cc2nnn(CCOCCO/C=C/CC(=O)CCC(=O)c3ccccc3)c2CCN(C(=O)CCCC(=O)NCCCOCCOCCOCCCNC(=O)CCCCC2SCC3NC(=O)NC32)C1. The number of thioether (sulfide) groups is 1. The van der Waals surface area contributed by atoms with E-state index in [1.54, 1.807) is 42.4 Å². The maximum Gasteiger partial charge on any atom is 0.315 e. The number of carbonyl (C=O) groups excluding carboxylic acids is 6. The first kappa shape index (κ1) is 57.0. The third-order valence-corrected chi connectivity index (χ3v) is 13.8. The minimum absolute atomic E-state index is 0.0266. The van der Waals surface area contributed by atoms with Gasteiger partial charge >= 0.3 is 6.03 Å². The zero-order chi connectivity index (χ0) is 50.3. The molecule has 0 aliphatic carbocycles. The standard InChI is InChI=1S/C50H76N8O12S/c1-65-40-35-41-43(58(56-55-41)24-28-69-32-29-66-25-8-13-39(59)18-19-44(60)38-11-3-2-4-12-38)20-23-57(36-40)48(63)17-7-16-47(62)52-22-10-27-68-31-34-70-33-30-67-26-9-21-51-46(61)15-6-5-14-45-49-42(37-71-45)53-50(64)54-49/h2-4,8,11-12,25,40,42,45,49H,5-7,9-10,13-24,26-37H2,1H3,(H,51,61)(H,52,62)(H2,53,54,64)/b25-8+. The summed E-state index contributed by atoms with van der Waals surface area (Å²) in [5.74, 6) is 0.804. The number of hydrogen-bond acceptors (Lipinski definition) is 15. The van der Waals surface area contributed by atoms with E-state index in [0.29, 0.717) is 135 Å². The number of allylic oxidation sites excluding steroid dienone is 1. The number of ether oxygens (including phenoxy) is 6. The molecule has 5 rings (SSSR count). The molecule has 3 aliphatic rings. The van der Waals surface area contributed by atoms with Gasteiger partial charge in [0.1, 0.15) is 12.4 Å². The topological polar surface area (TPSA) is 240 Å². The van der Waals surface area contributed by atoms with Crippen LogP contribution in [0, 0.1) is 0 Å². The van der Waals surface area contributed by atoms with Gasteiger partial charge in [0.25, 0.3) is 0 Å². The maximum absolute atomic E-state index is 13.3. The van der Waals surface area contributed by atoms with Crippen molar-refractivity contribution in [1.82, 2.24) is 41.2 Å². The molecular formula is C50H76N8O12S. The fraction of sp³-hybridized carbons (Fsp3) is 0.680. The van der Waals surface area contributed by atoms with Gasteiger partial charge in [0.15, 0.2) is 5.78 Å². The Kier molecular flexibility index (Phi) is 27.0. The first-order valence-electron chi connectivity index (χ1n) is 25.3. The number of nitrogens with zero attached hydrogens (tertiary/aromatic N) is 4. The second-order valence-electron chi connectivity index (χ2n) is 17.7. The van der Waals surface area contributed by atoms with Gasteiger partial charge in [0, 0.05) is 114 Å². The average molecular weight is 1010 g/mol. The van der Waals surface area contributed by atoms with Crippen molar-refractivity contribution in [2.45, 2.75) is 120 Å². The fourth-order valence-corrected chi connectivity index (χ4v) is 9.92. The number of methoxy groups -OCH3 is 1. The molecule has 2 fully saturated rings. The van der Waals surface area contributed by atoms with Gasteiger partial charge in [-0.1, -0.05) is 42.0 Å². The molecule has 21 heteroatoms. The predicted octanol–water partition coefficient (Wildman–Crippen LogP) is 3.35. The molecule has 5 amide bonds. The van der Waals surface area contributed by atoms with Gasteiger partial charge in [0.05, 0.1) is 82.0 Å². The number of Topliss-reactive ketones (excluding diaryl/α,β-unsaturated/α-hetero) is 2. The monoisotopic (exact) mass is 1010 g/mol. The summed E-state index contributed by atoms with van der Waals surface area (Å²) in [6.07, 6.45) is 10.2. The van der Waals surface area contributed by atoms with Crippen LogP contribution in [0.1, 0.15) is 98.8 Å². The molecule has 3 aliphatic heterocycles. The quantitative estimate of drug-likeness (QED) is 0.0329. The Morgan fingerprint density at radius 3 is 2.21 bits per heavy atom. The van der Waals surface area contributed by atoms with Crippen LogP contribution in [-0.4, -0.2) is 177 Å². The second kappa shape index (κ2) is 33.7. The summed E-state index contributed by atoms with van der Waals surface area (Å²) in [7, 11) is 1.62. The molecule has 394 valence electrons. The van der Waals surface area contributed by atoms with Gasteiger partial charge in [-0.3, -0.25) is 24.0 Å². The lowest BCUT2D eigenvalue weighted by Gasteiger charge is -2.29. The highest BCUT2D eigenvalue weighted by atomic mass is 32.2. The van der Waals surface area contributed by atoms with Crippen molar-refractivity contribution < 1.29 is 57.2 Å². The number of aromatic nitrogens is 3. The summed E-state index contributed by atoms with van der Waals surface area (Å²) in [5.41, 5.74) is 2.39. The summed E-state index contributed by atoms with van der Waals surface area (Å²) >= 11 is 1.90. The fourth-order valence-electron chi connectivity index (χ4n) is 8.38. The van der Waals surface area contributed by atoms with Crippen LogP contribution in [0.15, 0.2) is 42.7 Å². The van der Waals surface area contributed by atoms with Crippen molar-refractivity contribution in [3.05, 3.63) is 59.6 Å². The highest BCUT2D eigenvalue weighted by molar-refractivity contribution is 8.00. The predicted molar refractivity (Wildman–Crippen MR) is 266 cm³/mol.